The van der Waals surface area contributed by atoms with E-state index in [0.717, 1.165) is 27.6 Å². The lowest BCUT2D eigenvalue weighted by atomic mass is 9.97. The fraction of sp³-hybridized carbons (Fsp3) is 0.0667. The molecule has 0 bridgehead atoms. The summed E-state index contributed by atoms with van der Waals surface area (Å²) in [5, 5.41) is 2.66. The Labute approximate surface area is 116 Å². The molecule has 3 nitrogen and oxygen atoms in total. The minimum absolute atomic E-state index is 0.190. The average Bonchev–Trinajstić information content (AvgIpc) is 2.37. The van der Waals surface area contributed by atoms with Gasteiger partial charge in [-0.3, -0.25) is 0 Å². The molecule has 2 aromatic carbocycles. The summed E-state index contributed by atoms with van der Waals surface area (Å²) in [6, 6.07) is 14.1. The second-order valence-corrected chi connectivity index (χ2v) is 4.80. The van der Waals surface area contributed by atoms with Gasteiger partial charge in [-0.2, -0.15) is 0 Å². The van der Waals surface area contributed by atoms with Gasteiger partial charge in [0.1, 0.15) is 5.15 Å². The first-order valence-corrected chi connectivity index (χ1v) is 6.32. The molecule has 0 aliphatic carbocycles. The molecule has 0 atom stereocenters. The number of nitrogens with zero attached hydrogens (tertiary/aromatic N) is 2. The predicted octanol–water partition coefficient (Wildman–Crippen LogP) is 3.84. The number of anilines is 1. The van der Waals surface area contributed by atoms with Crippen LogP contribution in [0.1, 0.15) is 5.56 Å². The Bertz CT molecular complexity index is 748. The van der Waals surface area contributed by atoms with Crippen molar-refractivity contribution >= 4 is 28.3 Å². The van der Waals surface area contributed by atoms with Crippen LogP contribution in [0.2, 0.25) is 5.15 Å². The van der Waals surface area contributed by atoms with Gasteiger partial charge in [-0.05, 0) is 23.3 Å². The van der Waals surface area contributed by atoms with E-state index in [1.54, 1.807) is 6.07 Å². The van der Waals surface area contributed by atoms with Crippen molar-refractivity contribution in [3.05, 3.63) is 53.2 Å². The van der Waals surface area contributed by atoms with Crippen molar-refractivity contribution in [1.82, 2.24) is 9.97 Å². The number of hydrogen-bond donors (Lipinski definition) is 1. The normalized spacial score (nSPS) is 10.8. The maximum absolute atomic E-state index is 5.97. The maximum Gasteiger partial charge on any atom is 0.221 e. The average molecular weight is 270 g/mol. The summed E-state index contributed by atoms with van der Waals surface area (Å²) in [6.07, 6.45) is 0. The van der Waals surface area contributed by atoms with E-state index in [2.05, 4.69) is 34.2 Å². The standard InChI is InChI=1S/C15H12ClN3/c1-9-6-7-10-4-2-3-5-11(10)14(9)12-8-13(16)19-15(17)18-12/h2-8H,1H3,(H2,17,18,19). The quantitative estimate of drug-likeness (QED) is 0.683. The number of halogens is 1. The van der Waals surface area contributed by atoms with Crippen LogP contribution in [0.5, 0.6) is 0 Å². The Hall–Kier alpha value is -2.13. The SMILES string of the molecule is Cc1ccc2ccccc2c1-c1cc(Cl)nc(N)n1. The number of aryl methyl sites for hydroxylation is 1. The van der Waals surface area contributed by atoms with Crippen molar-refractivity contribution in [1.29, 1.82) is 0 Å². The Morgan fingerprint density at radius 2 is 1.84 bits per heavy atom. The van der Waals surface area contributed by atoms with Crippen LogP contribution in [0.25, 0.3) is 22.0 Å². The Morgan fingerprint density at radius 3 is 2.63 bits per heavy atom. The Kier molecular flexibility index (Phi) is 2.84. The molecule has 3 aromatic rings. The first-order valence-electron chi connectivity index (χ1n) is 5.94. The van der Waals surface area contributed by atoms with E-state index in [0.29, 0.717) is 5.15 Å². The lowest BCUT2D eigenvalue weighted by molar-refractivity contribution is 1.19. The highest BCUT2D eigenvalue weighted by Gasteiger charge is 2.10. The van der Waals surface area contributed by atoms with E-state index in [-0.39, 0.29) is 5.95 Å². The van der Waals surface area contributed by atoms with Crippen LogP contribution in [0.15, 0.2) is 42.5 Å². The van der Waals surface area contributed by atoms with Gasteiger partial charge < -0.3 is 5.73 Å². The number of nitrogens with two attached hydrogens (primary N) is 1. The predicted molar refractivity (Wildman–Crippen MR) is 79.1 cm³/mol. The molecule has 0 spiro atoms. The molecule has 0 saturated carbocycles. The highest BCUT2D eigenvalue weighted by atomic mass is 35.5. The largest absolute Gasteiger partial charge is 0.368 e. The van der Waals surface area contributed by atoms with Crippen LogP contribution < -0.4 is 5.73 Å². The zero-order valence-electron chi connectivity index (χ0n) is 10.4. The smallest absolute Gasteiger partial charge is 0.221 e. The highest BCUT2D eigenvalue weighted by molar-refractivity contribution is 6.29. The molecule has 1 aromatic heterocycles. The number of fused-ring (bicyclic) bond motifs is 1. The van der Waals surface area contributed by atoms with Crippen molar-refractivity contribution in [3.63, 3.8) is 0 Å². The van der Waals surface area contributed by atoms with Crippen molar-refractivity contribution in [2.24, 2.45) is 0 Å². The molecule has 3 rings (SSSR count). The van der Waals surface area contributed by atoms with Gasteiger partial charge in [0.25, 0.3) is 0 Å². The Balaban J connectivity index is 2.38. The van der Waals surface area contributed by atoms with Gasteiger partial charge >= 0.3 is 0 Å². The van der Waals surface area contributed by atoms with Crippen molar-refractivity contribution in [3.8, 4) is 11.3 Å². The first-order chi connectivity index (χ1) is 9.15. The van der Waals surface area contributed by atoms with E-state index in [9.17, 15) is 0 Å². The zero-order chi connectivity index (χ0) is 13.4. The Morgan fingerprint density at radius 1 is 1.05 bits per heavy atom. The number of rotatable bonds is 1. The number of aromatic nitrogens is 2. The first kappa shape index (κ1) is 11.9. The molecule has 0 fully saturated rings. The second kappa shape index (κ2) is 4.52. The topological polar surface area (TPSA) is 51.8 Å². The minimum atomic E-state index is 0.190. The number of nitrogen functional groups attached to an aromatic ring is 1. The summed E-state index contributed by atoms with van der Waals surface area (Å²) in [5.41, 5.74) is 8.62. The summed E-state index contributed by atoms with van der Waals surface area (Å²) in [4.78, 5) is 8.20. The summed E-state index contributed by atoms with van der Waals surface area (Å²) in [5.74, 6) is 0.190. The van der Waals surface area contributed by atoms with E-state index < -0.39 is 0 Å². The van der Waals surface area contributed by atoms with E-state index in [1.165, 1.54) is 0 Å². The van der Waals surface area contributed by atoms with Crippen LogP contribution in [0, 0.1) is 6.92 Å². The molecule has 0 radical (unpaired) electrons. The molecule has 0 aliphatic heterocycles. The van der Waals surface area contributed by atoms with Gasteiger partial charge in [-0.1, -0.05) is 48.0 Å². The third-order valence-corrected chi connectivity index (χ3v) is 3.30. The van der Waals surface area contributed by atoms with Gasteiger partial charge in [0.2, 0.25) is 5.95 Å². The molecule has 0 amide bonds. The monoisotopic (exact) mass is 269 g/mol. The molecule has 0 unspecified atom stereocenters. The highest BCUT2D eigenvalue weighted by Crippen LogP contribution is 2.31. The van der Waals surface area contributed by atoms with Gasteiger partial charge in [0.15, 0.2) is 0 Å². The third kappa shape index (κ3) is 2.13. The molecule has 19 heavy (non-hydrogen) atoms. The molecule has 0 saturated heterocycles. The van der Waals surface area contributed by atoms with Crippen LogP contribution >= 0.6 is 11.6 Å². The van der Waals surface area contributed by atoms with Crippen molar-refractivity contribution < 1.29 is 0 Å². The van der Waals surface area contributed by atoms with Crippen molar-refractivity contribution in [2.75, 3.05) is 5.73 Å². The van der Waals surface area contributed by atoms with Gasteiger partial charge in [0, 0.05) is 11.6 Å². The van der Waals surface area contributed by atoms with E-state index >= 15 is 0 Å². The van der Waals surface area contributed by atoms with E-state index in [4.69, 9.17) is 17.3 Å². The fourth-order valence-electron chi connectivity index (χ4n) is 2.28. The molecule has 1 heterocycles. The molecule has 0 aliphatic rings. The molecular weight excluding hydrogens is 258 g/mol. The third-order valence-electron chi connectivity index (χ3n) is 3.11. The number of benzene rings is 2. The molecular formula is C15H12ClN3. The number of hydrogen-bond acceptors (Lipinski definition) is 3. The summed E-state index contributed by atoms with van der Waals surface area (Å²) >= 11 is 5.97. The summed E-state index contributed by atoms with van der Waals surface area (Å²) in [6.45, 7) is 2.05. The van der Waals surface area contributed by atoms with E-state index in [1.807, 2.05) is 19.1 Å². The van der Waals surface area contributed by atoms with Crippen LogP contribution in [0.3, 0.4) is 0 Å². The van der Waals surface area contributed by atoms with Gasteiger partial charge in [0.05, 0.1) is 5.69 Å². The molecule has 4 heteroatoms. The molecule has 94 valence electrons. The summed E-state index contributed by atoms with van der Waals surface area (Å²) in [7, 11) is 0. The van der Waals surface area contributed by atoms with Gasteiger partial charge in [-0.25, -0.2) is 9.97 Å². The van der Waals surface area contributed by atoms with Gasteiger partial charge in [-0.15, -0.1) is 0 Å². The maximum atomic E-state index is 5.97. The van der Waals surface area contributed by atoms with Crippen molar-refractivity contribution in [2.45, 2.75) is 6.92 Å². The minimum Gasteiger partial charge on any atom is -0.368 e. The fourth-order valence-corrected chi connectivity index (χ4v) is 2.47. The van der Waals surface area contributed by atoms with Crippen LogP contribution in [0.4, 0.5) is 5.95 Å². The van der Waals surface area contributed by atoms with Crippen LogP contribution in [-0.4, -0.2) is 9.97 Å². The lowest BCUT2D eigenvalue weighted by Gasteiger charge is -2.10. The molecule has 2 N–H and O–H groups in total. The second-order valence-electron chi connectivity index (χ2n) is 4.41. The van der Waals surface area contributed by atoms with Crippen LogP contribution in [-0.2, 0) is 0 Å². The lowest BCUT2D eigenvalue weighted by Crippen LogP contribution is -1.98. The summed E-state index contributed by atoms with van der Waals surface area (Å²) < 4.78 is 0. The zero-order valence-corrected chi connectivity index (χ0v) is 11.1.